The number of rotatable bonds is 6. The Morgan fingerprint density at radius 2 is 1.50 bits per heavy atom. The number of carbonyl (C=O) groups is 1. The van der Waals surface area contributed by atoms with Gasteiger partial charge in [-0.1, -0.05) is 71.6 Å². The Kier molecular flexibility index (Phi) is 5.27. The molecule has 0 saturated carbocycles. The highest BCUT2D eigenvalue weighted by Crippen LogP contribution is 1.95. The smallest absolute Gasteiger partial charge is 0.320 e. The van der Waals surface area contributed by atoms with E-state index in [4.69, 9.17) is 0 Å². The number of carboxylic acids is 1. The molecule has 0 spiro atoms. The van der Waals surface area contributed by atoms with Crippen LogP contribution in [-0.2, 0) is 4.79 Å². The van der Waals surface area contributed by atoms with Crippen molar-refractivity contribution in [3.8, 4) is 0 Å². The van der Waals surface area contributed by atoms with Crippen LogP contribution in [0.2, 0.25) is 0 Å². The molecule has 3 nitrogen and oxygen atoms in total. The van der Waals surface area contributed by atoms with Crippen LogP contribution in [0.3, 0.4) is 0 Å². The van der Waals surface area contributed by atoms with E-state index < -0.39 is 12.0 Å². The molecule has 0 saturated heterocycles. The van der Waals surface area contributed by atoms with Crippen molar-refractivity contribution in [2.45, 2.75) is 6.04 Å². The van der Waals surface area contributed by atoms with Crippen molar-refractivity contribution < 1.29 is 9.90 Å². The first-order chi connectivity index (χ1) is 9.72. The molecule has 0 aromatic heterocycles. The predicted octanol–water partition coefficient (Wildman–Crippen LogP) is 0.765. The molecule has 2 aromatic carbocycles. The van der Waals surface area contributed by atoms with Gasteiger partial charge in [0.1, 0.15) is 6.04 Å². The second-order valence-corrected chi connectivity index (χ2v) is 4.86. The predicted molar refractivity (Wildman–Crippen MR) is 86.3 cm³/mol. The highest BCUT2D eigenvalue weighted by Gasteiger charge is 2.25. The summed E-state index contributed by atoms with van der Waals surface area (Å²) >= 11 is 4.11. The van der Waals surface area contributed by atoms with Crippen molar-refractivity contribution in [3.05, 3.63) is 60.7 Å². The van der Waals surface area contributed by atoms with Gasteiger partial charge in [0.05, 0.1) is 0 Å². The maximum absolute atomic E-state index is 11.2. The Hall–Kier alpha value is -1.72. The lowest BCUT2D eigenvalue weighted by atomic mass is 9.50. The van der Waals surface area contributed by atoms with E-state index >= 15 is 0 Å². The molecule has 0 amide bonds. The minimum Gasteiger partial charge on any atom is -0.480 e. The van der Waals surface area contributed by atoms with Gasteiger partial charge in [-0.2, -0.15) is 12.6 Å². The van der Waals surface area contributed by atoms with Crippen LogP contribution in [-0.4, -0.2) is 29.7 Å². The monoisotopic (exact) mass is 285 g/mol. The summed E-state index contributed by atoms with van der Waals surface area (Å²) in [5, 5.41) is 12.4. The SMILES string of the molecule is O=C(O)[C@H](CS)NB(c1ccccc1)c1ccccc1. The van der Waals surface area contributed by atoms with E-state index in [0.29, 0.717) is 0 Å². The third-order valence-electron chi connectivity index (χ3n) is 3.11. The zero-order chi connectivity index (χ0) is 14.4. The average molecular weight is 285 g/mol. The van der Waals surface area contributed by atoms with Crippen LogP contribution < -0.4 is 16.2 Å². The largest absolute Gasteiger partial charge is 0.480 e. The Morgan fingerprint density at radius 3 is 1.85 bits per heavy atom. The molecule has 0 radical (unpaired) electrons. The first-order valence-corrected chi connectivity index (χ1v) is 7.05. The lowest BCUT2D eigenvalue weighted by Gasteiger charge is -2.20. The molecule has 20 heavy (non-hydrogen) atoms. The van der Waals surface area contributed by atoms with Crippen molar-refractivity contribution in [1.82, 2.24) is 5.23 Å². The molecular weight excluding hydrogens is 269 g/mol. The summed E-state index contributed by atoms with van der Waals surface area (Å²) in [6.07, 6.45) is 0. The number of thiol groups is 1. The minimum absolute atomic E-state index is 0.161. The highest BCUT2D eigenvalue weighted by atomic mass is 32.1. The molecule has 2 N–H and O–H groups in total. The number of hydrogen-bond donors (Lipinski definition) is 3. The molecule has 0 aliphatic heterocycles. The maximum atomic E-state index is 11.2. The Bertz CT molecular complexity index is 511. The summed E-state index contributed by atoms with van der Waals surface area (Å²) < 4.78 is 0. The standard InChI is InChI=1S/C15H16BNO2S/c18-15(19)14(11-20)17-16(12-7-3-1-4-8-12)13-9-5-2-6-10-13/h1-10,14,17,20H,11H2,(H,18,19)/t14-/m0/s1. The quantitative estimate of drug-likeness (QED) is 0.542. The fraction of sp³-hybridized carbons (Fsp3) is 0.133. The third kappa shape index (κ3) is 3.65. The van der Waals surface area contributed by atoms with E-state index in [1.165, 1.54) is 0 Å². The van der Waals surface area contributed by atoms with E-state index in [1.54, 1.807) is 0 Å². The number of hydrogen-bond acceptors (Lipinski definition) is 3. The molecule has 0 heterocycles. The second kappa shape index (κ2) is 7.17. The van der Waals surface area contributed by atoms with E-state index in [1.807, 2.05) is 60.7 Å². The van der Waals surface area contributed by atoms with Gasteiger partial charge in [-0.05, 0) is 0 Å². The summed E-state index contributed by atoms with van der Waals surface area (Å²) in [5.41, 5.74) is 2.07. The number of aliphatic carboxylic acids is 1. The number of benzene rings is 2. The number of nitrogens with one attached hydrogen (secondary N) is 1. The first kappa shape index (κ1) is 14.7. The van der Waals surface area contributed by atoms with Crippen LogP contribution in [0.1, 0.15) is 0 Å². The van der Waals surface area contributed by atoms with Gasteiger partial charge in [0.15, 0.2) is 0 Å². The van der Waals surface area contributed by atoms with Crippen molar-refractivity contribution in [2.24, 2.45) is 0 Å². The van der Waals surface area contributed by atoms with Gasteiger partial charge in [0, 0.05) is 5.75 Å². The summed E-state index contributed by atoms with van der Waals surface area (Å²) in [6.45, 7) is -0.161. The maximum Gasteiger partial charge on any atom is 0.320 e. The van der Waals surface area contributed by atoms with Gasteiger partial charge in [-0.15, -0.1) is 0 Å². The molecule has 0 aliphatic carbocycles. The molecule has 1 atom stereocenters. The highest BCUT2D eigenvalue weighted by molar-refractivity contribution is 7.80. The minimum atomic E-state index is -0.892. The molecule has 0 fully saturated rings. The second-order valence-electron chi connectivity index (χ2n) is 4.49. The summed E-state index contributed by atoms with van der Waals surface area (Å²) in [4.78, 5) is 11.2. The van der Waals surface area contributed by atoms with E-state index in [0.717, 1.165) is 10.9 Å². The molecule has 102 valence electrons. The van der Waals surface area contributed by atoms with E-state index in [9.17, 15) is 9.90 Å². The average Bonchev–Trinajstić information content (AvgIpc) is 2.50. The van der Waals surface area contributed by atoms with Crippen molar-refractivity contribution in [3.63, 3.8) is 0 Å². The van der Waals surface area contributed by atoms with Crippen molar-refractivity contribution in [2.75, 3.05) is 5.75 Å². The van der Waals surface area contributed by atoms with Gasteiger partial charge in [0.2, 0.25) is 0 Å². The number of carboxylic acid groups (broad SMARTS) is 1. The van der Waals surface area contributed by atoms with Crippen LogP contribution in [0, 0.1) is 0 Å². The van der Waals surface area contributed by atoms with E-state index in [2.05, 4.69) is 17.9 Å². The lowest BCUT2D eigenvalue weighted by Crippen LogP contribution is -2.59. The lowest BCUT2D eigenvalue weighted by molar-refractivity contribution is -0.138. The molecule has 5 heteroatoms. The van der Waals surface area contributed by atoms with Gasteiger partial charge in [0.25, 0.3) is 6.85 Å². The summed E-state index contributed by atoms with van der Waals surface area (Å²) in [7, 11) is 0. The van der Waals surface area contributed by atoms with Crippen LogP contribution >= 0.6 is 12.6 Å². The fourth-order valence-corrected chi connectivity index (χ4v) is 2.34. The van der Waals surface area contributed by atoms with Crippen LogP contribution in [0.15, 0.2) is 60.7 Å². The van der Waals surface area contributed by atoms with Gasteiger partial charge < -0.3 is 10.3 Å². The van der Waals surface area contributed by atoms with Crippen LogP contribution in [0.4, 0.5) is 0 Å². The fourth-order valence-electron chi connectivity index (χ4n) is 2.08. The third-order valence-corrected chi connectivity index (χ3v) is 3.48. The summed E-state index contributed by atoms with van der Waals surface area (Å²) in [6, 6.07) is 18.9. The molecular formula is C15H16BNO2S. The van der Waals surface area contributed by atoms with Crippen LogP contribution in [0.5, 0.6) is 0 Å². The molecule has 0 bridgehead atoms. The van der Waals surface area contributed by atoms with E-state index in [-0.39, 0.29) is 12.6 Å². The molecule has 2 aromatic rings. The van der Waals surface area contributed by atoms with Gasteiger partial charge >= 0.3 is 5.97 Å². The molecule has 2 rings (SSSR count). The zero-order valence-electron chi connectivity index (χ0n) is 10.9. The summed E-state index contributed by atoms with van der Waals surface area (Å²) in [5.74, 6) is -0.650. The molecule has 0 aliphatic rings. The Labute approximate surface area is 124 Å². The first-order valence-electron chi connectivity index (χ1n) is 6.42. The molecule has 0 unspecified atom stereocenters. The Morgan fingerprint density at radius 1 is 1.05 bits per heavy atom. The topological polar surface area (TPSA) is 49.3 Å². The van der Waals surface area contributed by atoms with Gasteiger partial charge in [-0.3, -0.25) is 4.79 Å². The normalized spacial score (nSPS) is 11.8. The van der Waals surface area contributed by atoms with Crippen LogP contribution in [0.25, 0.3) is 0 Å². The van der Waals surface area contributed by atoms with Gasteiger partial charge in [-0.25, -0.2) is 0 Å². The van der Waals surface area contributed by atoms with Crippen molar-refractivity contribution >= 4 is 36.4 Å². The van der Waals surface area contributed by atoms with Crippen molar-refractivity contribution in [1.29, 1.82) is 0 Å². The Balaban J connectivity index is 2.32. The zero-order valence-corrected chi connectivity index (χ0v) is 11.8.